The van der Waals surface area contributed by atoms with Gasteiger partial charge in [0.1, 0.15) is 0 Å². The molecule has 0 aliphatic heterocycles. The Morgan fingerprint density at radius 1 is 1.30 bits per heavy atom. The molecule has 0 saturated heterocycles. The normalized spacial score (nSPS) is 18.6. The lowest BCUT2D eigenvalue weighted by molar-refractivity contribution is 0.0694. The summed E-state index contributed by atoms with van der Waals surface area (Å²) in [5, 5.41) is 10.1. The highest BCUT2D eigenvalue weighted by Crippen LogP contribution is 2.47. The number of carboxylic acid groups (broad SMARTS) is 1. The van der Waals surface area contributed by atoms with Crippen molar-refractivity contribution in [1.29, 1.82) is 0 Å². The lowest BCUT2D eigenvalue weighted by Gasteiger charge is -2.27. The number of aromatic amines is 1. The molecule has 2 aliphatic carbocycles. The van der Waals surface area contributed by atoms with Gasteiger partial charge in [-0.3, -0.25) is 9.97 Å². The molecule has 7 nitrogen and oxygen atoms in total. The summed E-state index contributed by atoms with van der Waals surface area (Å²) in [6, 6.07) is 3.48. The number of H-pyrrole nitrogens is 1. The van der Waals surface area contributed by atoms with Crippen LogP contribution in [0.15, 0.2) is 24.5 Å². The quantitative estimate of drug-likeness (QED) is 0.529. The summed E-state index contributed by atoms with van der Waals surface area (Å²) in [6.07, 6.45) is 6.41. The van der Waals surface area contributed by atoms with E-state index < -0.39 is 12.0 Å². The Kier molecular flexibility index (Phi) is 4.10. The number of pyridine rings is 2. The van der Waals surface area contributed by atoms with Gasteiger partial charge in [-0.2, -0.15) is 0 Å². The summed E-state index contributed by atoms with van der Waals surface area (Å²) in [5.74, 6) is -0.962. The zero-order valence-electron chi connectivity index (χ0n) is 17.1. The summed E-state index contributed by atoms with van der Waals surface area (Å²) in [4.78, 5) is 24.8. The van der Waals surface area contributed by atoms with Crippen LogP contribution in [0.4, 0.5) is 0 Å². The molecule has 30 heavy (non-hydrogen) atoms. The van der Waals surface area contributed by atoms with Crippen LogP contribution in [0, 0.1) is 13.8 Å². The number of aryl methyl sites for hydroxylation is 2. The van der Waals surface area contributed by atoms with Gasteiger partial charge in [-0.25, -0.2) is 4.79 Å². The Hall–Kier alpha value is -3.03. The van der Waals surface area contributed by atoms with Crippen molar-refractivity contribution in [3.05, 3.63) is 58.3 Å². The van der Waals surface area contributed by atoms with Gasteiger partial charge in [0, 0.05) is 69.7 Å². The Morgan fingerprint density at radius 3 is 2.70 bits per heavy atom. The Labute approximate surface area is 174 Å². The molecule has 3 aromatic rings. The van der Waals surface area contributed by atoms with Gasteiger partial charge in [0.25, 0.3) is 0 Å². The molecule has 0 bridgehead atoms. The molecule has 0 amide bonds. The van der Waals surface area contributed by atoms with Crippen molar-refractivity contribution < 1.29 is 9.90 Å². The minimum atomic E-state index is -0.962. The van der Waals surface area contributed by atoms with Gasteiger partial charge in [0.2, 0.25) is 0 Å². The fraction of sp³-hybridized carbons (Fsp3) is 0.348. The van der Waals surface area contributed by atoms with Crippen molar-refractivity contribution in [3.63, 3.8) is 0 Å². The topological polar surface area (TPSA) is 131 Å². The van der Waals surface area contributed by atoms with E-state index in [0.717, 1.165) is 52.2 Å². The first kappa shape index (κ1) is 19.0. The Bertz CT molecular complexity index is 1180. The molecule has 1 saturated carbocycles. The van der Waals surface area contributed by atoms with E-state index in [9.17, 15) is 9.90 Å². The Morgan fingerprint density at radius 2 is 2.07 bits per heavy atom. The van der Waals surface area contributed by atoms with Crippen molar-refractivity contribution in [1.82, 2.24) is 15.0 Å². The highest BCUT2D eigenvalue weighted by atomic mass is 16.4. The fourth-order valence-corrected chi connectivity index (χ4v) is 4.80. The van der Waals surface area contributed by atoms with Crippen molar-refractivity contribution in [2.45, 2.75) is 51.1 Å². The molecule has 154 valence electrons. The molecule has 0 radical (unpaired) electrons. The molecule has 2 aliphatic rings. The summed E-state index contributed by atoms with van der Waals surface area (Å²) >= 11 is 0. The average Bonchev–Trinajstić information content (AvgIpc) is 3.29. The number of fused-ring (bicyclic) bond motifs is 3. The van der Waals surface area contributed by atoms with Gasteiger partial charge >= 0.3 is 5.97 Å². The molecule has 0 spiro atoms. The number of hydrogen-bond acceptors (Lipinski definition) is 5. The van der Waals surface area contributed by atoms with Crippen LogP contribution in [0.2, 0.25) is 0 Å². The SMILES string of the molecule is Cc1nc(C)c(-c2cccnc2)c2c1CC(N)c1c-2[nH]c(CC2(N)CC2)c1C(=O)O. The largest absolute Gasteiger partial charge is 0.478 e. The van der Waals surface area contributed by atoms with Gasteiger partial charge in [0.05, 0.1) is 11.3 Å². The van der Waals surface area contributed by atoms with Crippen LogP contribution in [0.1, 0.15) is 57.5 Å². The maximum Gasteiger partial charge on any atom is 0.337 e. The molecule has 5 rings (SSSR count). The highest BCUT2D eigenvalue weighted by Gasteiger charge is 2.42. The second-order valence-corrected chi connectivity index (χ2v) is 8.68. The molecule has 0 aromatic carbocycles. The number of aromatic carboxylic acids is 1. The summed E-state index contributed by atoms with van der Waals surface area (Å²) in [5.41, 5.74) is 20.7. The smallest absolute Gasteiger partial charge is 0.337 e. The highest BCUT2D eigenvalue weighted by molar-refractivity contribution is 5.97. The number of aromatic nitrogens is 3. The number of carboxylic acids is 1. The molecule has 1 atom stereocenters. The van der Waals surface area contributed by atoms with E-state index in [1.54, 1.807) is 6.20 Å². The van der Waals surface area contributed by atoms with Gasteiger partial charge in [0.15, 0.2) is 0 Å². The fourth-order valence-electron chi connectivity index (χ4n) is 4.80. The first-order valence-electron chi connectivity index (χ1n) is 10.2. The summed E-state index contributed by atoms with van der Waals surface area (Å²) in [6.45, 7) is 3.96. The number of rotatable bonds is 4. The van der Waals surface area contributed by atoms with E-state index in [1.165, 1.54) is 0 Å². The van der Waals surface area contributed by atoms with Crippen LogP contribution in [0.3, 0.4) is 0 Å². The van der Waals surface area contributed by atoms with E-state index in [2.05, 4.69) is 9.97 Å². The van der Waals surface area contributed by atoms with Crippen LogP contribution in [0.25, 0.3) is 22.4 Å². The van der Waals surface area contributed by atoms with E-state index in [1.807, 2.05) is 32.2 Å². The van der Waals surface area contributed by atoms with Crippen LogP contribution in [0.5, 0.6) is 0 Å². The molecular weight excluding hydrogens is 378 g/mol. The van der Waals surface area contributed by atoms with Crippen LogP contribution in [-0.2, 0) is 12.8 Å². The van der Waals surface area contributed by atoms with E-state index in [4.69, 9.17) is 16.5 Å². The average molecular weight is 403 g/mol. The van der Waals surface area contributed by atoms with Crippen molar-refractivity contribution in [3.8, 4) is 22.4 Å². The summed E-state index contributed by atoms with van der Waals surface area (Å²) < 4.78 is 0. The number of nitrogens with zero attached hydrogens (tertiary/aromatic N) is 2. The zero-order valence-corrected chi connectivity index (χ0v) is 17.1. The number of hydrogen-bond donors (Lipinski definition) is 4. The van der Waals surface area contributed by atoms with Crippen LogP contribution < -0.4 is 11.5 Å². The third kappa shape index (κ3) is 2.85. The maximum atomic E-state index is 12.3. The van der Waals surface area contributed by atoms with E-state index >= 15 is 0 Å². The van der Waals surface area contributed by atoms with Gasteiger partial charge in [-0.15, -0.1) is 0 Å². The lowest BCUT2D eigenvalue weighted by atomic mass is 9.80. The Balaban J connectivity index is 1.82. The van der Waals surface area contributed by atoms with Crippen molar-refractivity contribution in [2.24, 2.45) is 11.5 Å². The first-order valence-corrected chi connectivity index (χ1v) is 10.2. The zero-order chi connectivity index (χ0) is 21.2. The van der Waals surface area contributed by atoms with Crippen LogP contribution in [-0.4, -0.2) is 31.6 Å². The predicted octanol–water partition coefficient (Wildman–Crippen LogP) is 3.04. The van der Waals surface area contributed by atoms with Crippen molar-refractivity contribution in [2.75, 3.05) is 0 Å². The molecule has 6 N–H and O–H groups in total. The van der Waals surface area contributed by atoms with Gasteiger partial charge in [-0.1, -0.05) is 6.07 Å². The van der Waals surface area contributed by atoms with Crippen LogP contribution >= 0.6 is 0 Å². The molecule has 7 heteroatoms. The van der Waals surface area contributed by atoms with Gasteiger partial charge < -0.3 is 21.6 Å². The second kappa shape index (κ2) is 6.48. The summed E-state index contributed by atoms with van der Waals surface area (Å²) in [7, 11) is 0. The predicted molar refractivity (Wildman–Crippen MR) is 114 cm³/mol. The second-order valence-electron chi connectivity index (χ2n) is 8.68. The maximum absolute atomic E-state index is 12.3. The third-order valence-electron chi connectivity index (χ3n) is 6.43. The van der Waals surface area contributed by atoms with Crippen molar-refractivity contribution >= 4 is 5.97 Å². The van der Waals surface area contributed by atoms with E-state index in [-0.39, 0.29) is 11.1 Å². The minimum absolute atomic E-state index is 0.282. The monoisotopic (exact) mass is 403 g/mol. The molecule has 3 heterocycles. The van der Waals surface area contributed by atoms with E-state index in [0.29, 0.717) is 24.1 Å². The minimum Gasteiger partial charge on any atom is -0.478 e. The standard InChI is InChI=1S/C23H25N5O2/c1-11-14-8-15(24)19-20(22(29)30)16(9-23(25)5-6-23)28-21(19)18(14)17(12(2)27-11)13-4-3-7-26-10-13/h3-4,7,10,15,28H,5-6,8-9,24-25H2,1-2H3,(H,29,30). The number of nitrogens with one attached hydrogen (secondary N) is 1. The molecule has 1 fully saturated rings. The first-order chi connectivity index (χ1) is 14.3. The molecule has 3 aromatic heterocycles. The third-order valence-corrected chi connectivity index (χ3v) is 6.43. The molecule has 1 unspecified atom stereocenters. The van der Waals surface area contributed by atoms with Gasteiger partial charge in [-0.05, 0) is 44.7 Å². The number of carbonyl (C=O) groups is 1. The number of nitrogens with two attached hydrogens (primary N) is 2. The lowest BCUT2D eigenvalue weighted by Crippen LogP contribution is -2.26. The molecular formula is C23H25N5O2.